The van der Waals surface area contributed by atoms with E-state index < -0.39 is 0 Å². The maximum Gasteiger partial charge on any atom is 0.186 e. The lowest BCUT2D eigenvalue weighted by molar-refractivity contribution is 0.0767. The molecule has 0 radical (unpaired) electrons. The Morgan fingerprint density at radius 1 is 1.13 bits per heavy atom. The summed E-state index contributed by atoms with van der Waals surface area (Å²) in [6.07, 6.45) is 14.8. The van der Waals surface area contributed by atoms with Crippen LogP contribution in [0.2, 0.25) is 0 Å². The van der Waals surface area contributed by atoms with Crippen molar-refractivity contribution in [1.29, 1.82) is 0 Å². The number of imidazole rings is 1. The average Bonchev–Trinajstić information content (AvgIpc) is 3.19. The molecule has 2 saturated carbocycles. The summed E-state index contributed by atoms with van der Waals surface area (Å²) in [7, 11) is 0. The number of hydrogen-bond donors (Lipinski definition) is 4. The Labute approximate surface area is 184 Å². The quantitative estimate of drug-likeness (QED) is 0.421. The van der Waals surface area contributed by atoms with E-state index >= 15 is 0 Å². The van der Waals surface area contributed by atoms with Crippen LogP contribution >= 0.6 is 0 Å². The Morgan fingerprint density at radius 3 is 2.68 bits per heavy atom. The molecule has 2 aliphatic rings. The van der Waals surface area contributed by atoms with Gasteiger partial charge in [-0.15, -0.1) is 0 Å². The molecule has 0 saturated heterocycles. The first-order valence-electron chi connectivity index (χ1n) is 11.5. The zero-order valence-corrected chi connectivity index (χ0v) is 18.2. The summed E-state index contributed by atoms with van der Waals surface area (Å²) in [5.74, 6) is 1.25. The maximum absolute atomic E-state index is 5.61. The molecule has 0 aliphatic heterocycles. The molecule has 1 aromatic carbocycles. The fourth-order valence-electron chi connectivity index (χ4n) is 5.24. The number of aliphatic imine (C=N–C) groups is 1. The molecular weight excluding hydrogens is 386 g/mol. The van der Waals surface area contributed by atoms with Gasteiger partial charge in [0.15, 0.2) is 5.96 Å². The lowest BCUT2D eigenvalue weighted by Gasteiger charge is -2.42. The maximum atomic E-state index is 5.61. The van der Waals surface area contributed by atoms with E-state index in [0.717, 1.165) is 61.9 Å². The topological polar surface area (TPSA) is 122 Å². The van der Waals surface area contributed by atoms with Crippen LogP contribution in [0.4, 0.5) is 0 Å². The van der Waals surface area contributed by atoms with E-state index in [2.05, 4.69) is 39.2 Å². The fourth-order valence-corrected chi connectivity index (χ4v) is 5.24. The van der Waals surface area contributed by atoms with Gasteiger partial charge in [0.1, 0.15) is 5.82 Å². The first-order valence-corrected chi connectivity index (χ1v) is 11.5. The SMILES string of the molecule is N/C=C\C=C1\CCCC(N(Cc2nc3ccccc3[nH]2)C2CCC(N=C(N)N)CC2)C1. The van der Waals surface area contributed by atoms with E-state index in [-0.39, 0.29) is 12.0 Å². The highest BCUT2D eigenvalue weighted by Gasteiger charge is 2.32. The van der Waals surface area contributed by atoms with E-state index in [1.807, 2.05) is 12.1 Å². The van der Waals surface area contributed by atoms with Crippen molar-refractivity contribution in [2.75, 3.05) is 0 Å². The summed E-state index contributed by atoms with van der Waals surface area (Å²) < 4.78 is 0. The smallest absolute Gasteiger partial charge is 0.186 e. The molecule has 7 heteroatoms. The van der Waals surface area contributed by atoms with Gasteiger partial charge in [-0.25, -0.2) is 4.98 Å². The number of H-pyrrole nitrogens is 1. The summed E-state index contributed by atoms with van der Waals surface area (Å²) in [5.41, 5.74) is 20.4. The molecule has 2 aliphatic carbocycles. The third-order valence-corrected chi connectivity index (χ3v) is 6.68. The number of para-hydroxylation sites is 2. The number of nitrogens with one attached hydrogen (secondary N) is 1. The molecular formula is C24H35N7. The van der Waals surface area contributed by atoms with Crippen LogP contribution in [0.1, 0.15) is 57.2 Å². The zero-order valence-electron chi connectivity index (χ0n) is 18.2. The van der Waals surface area contributed by atoms with Crippen molar-refractivity contribution in [3.05, 3.63) is 54.0 Å². The highest BCUT2D eigenvalue weighted by Crippen LogP contribution is 2.34. The van der Waals surface area contributed by atoms with Crippen molar-refractivity contribution in [3.8, 4) is 0 Å². The van der Waals surface area contributed by atoms with E-state index in [1.54, 1.807) is 6.20 Å². The summed E-state index contributed by atoms with van der Waals surface area (Å²) in [4.78, 5) is 15.5. The summed E-state index contributed by atoms with van der Waals surface area (Å²) in [6.45, 7) is 0.844. The monoisotopic (exact) mass is 421 g/mol. The molecule has 7 N–H and O–H groups in total. The van der Waals surface area contributed by atoms with Crippen LogP contribution in [0.3, 0.4) is 0 Å². The van der Waals surface area contributed by atoms with Gasteiger partial charge >= 0.3 is 0 Å². The normalized spacial score (nSPS) is 26.1. The number of aromatic nitrogens is 2. The van der Waals surface area contributed by atoms with Gasteiger partial charge in [-0.2, -0.15) is 0 Å². The number of allylic oxidation sites excluding steroid dienone is 2. The molecule has 1 unspecified atom stereocenters. The first-order chi connectivity index (χ1) is 15.1. The summed E-state index contributed by atoms with van der Waals surface area (Å²) in [5, 5.41) is 0. The van der Waals surface area contributed by atoms with Crippen molar-refractivity contribution in [1.82, 2.24) is 14.9 Å². The van der Waals surface area contributed by atoms with E-state index in [1.165, 1.54) is 18.4 Å². The van der Waals surface area contributed by atoms with E-state index in [4.69, 9.17) is 22.2 Å². The molecule has 7 nitrogen and oxygen atoms in total. The van der Waals surface area contributed by atoms with Gasteiger partial charge in [-0.05, 0) is 75.8 Å². The Hall–Kier alpha value is -2.80. The van der Waals surface area contributed by atoms with Crippen LogP contribution < -0.4 is 17.2 Å². The number of benzene rings is 1. The van der Waals surface area contributed by atoms with Crippen molar-refractivity contribution in [3.63, 3.8) is 0 Å². The highest BCUT2D eigenvalue weighted by molar-refractivity contribution is 5.76. The largest absolute Gasteiger partial charge is 0.405 e. The number of rotatable bonds is 6. The molecule has 31 heavy (non-hydrogen) atoms. The molecule has 1 heterocycles. The van der Waals surface area contributed by atoms with Gasteiger partial charge in [0, 0.05) is 12.1 Å². The highest BCUT2D eigenvalue weighted by atomic mass is 15.2. The van der Waals surface area contributed by atoms with Gasteiger partial charge in [0.05, 0.1) is 23.6 Å². The molecule has 0 amide bonds. The molecule has 1 atom stereocenters. The third kappa shape index (κ3) is 5.47. The fraction of sp³-hybridized carbons (Fsp3) is 0.500. The Morgan fingerprint density at radius 2 is 1.94 bits per heavy atom. The molecule has 0 spiro atoms. The lowest BCUT2D eigenvalue weighted by Crippen LogP contribution is -2.46. The van der Waals surface area contributed by atoms with Crippen molar-refractivity contribution < 1.29 is 0 Å². The molecule has 0 bridgehead atoms. The second-order valence-electron chi connectivity index (χ2n) is 8.85. The second-order valence-corrected chi connectivity index (χ2v) is 8.85. The molecule has 2 fully saturated rings. The average molecular weight is 422 g/mol. The predicted molar refractivity (Wildman–Crippen MR) is 127 cm³/mol. The van der Waals surface area contributed by atoms with Gasteiger partial charge in [0.2, 0.25) is 0 Å². The first kappa shape index (κ1) is 21.4. The molecule has 166 valence electrons. The standard InChI is InChI=1S/C24H35N7/c25-14-4-6-17-5-3-7-20(15-17)31(19-12-10-18(11-13-19)28-24(26)27)16-23-29-21-8-1-2-9-22(21)30-23/h1-2,4,6,8-9,14,18-20H,3,5,7,10-13,15-16,25H2,(H,29,30)(H4,26,27,28)/b14-4-,17-6-. The lowest BCUT2D eigenvalue weighted by atomic mass is 9.85. The van der Waals surface area contributed by atoms with Gasteiger partial charge < -0.3 is 22.2 Å². The Bertz CT molecular complexity index is 913. The number of nitrogens with two attached hydrogens (primary N) is 3. The summed E-state index contributed by atoms with van der Waals surface area (Å²) >= 11 is 0. The minimum atomic E-state index is 0.206. The second kappa shape index (κ2) is 10.0. The van der Waals surface area contributed by atoms with Crippen molar-refractivity contribution >= 4 is 17.0 Å². The van der Waals surface area contributed by atoms with Crippen LogP contribution in [0.25, 0.3) is 11.0 Å². The van der Waals surface area contributed by atoms with E-state index in [9.17, 15) is 0 Å². The zero-order chi connectivity index (χ0) is 21.6. The van der Waals surface area contributed by atoms with Gasteiger partial charge in [0.25, 0.3) is 0 Å². The van der Waals surface area contributed by atoms with Crippen LogP contribution in [0.15, 0.2) is 53.2 Å². The molecule has 1 aromatic heterocycles. The van der Waals surface area contributed by atoms with E-state index in [0.29, 0.717) is 12.1 Å². The van der Waals surface area contributed by atoms with Gasteiger partial charge in [-0.3, -0.25) is 9.89 Å². The molecule has 4 rings (SSSR count). The Kier molecular flexibility index (Phi) is 6.92. The summed E-state index contributed by atoms with van der Waals surface area (Å²) in [6, 6.07) is 9.55. The van der Waals surface area contributed by atoms with Crippen molar-refractivity contribution in [2.45, 2.75) is 76.0 Å². The number of aromatic amines is 1. The number of guanidine groups is 1. The number of hydrogen-bond acceptors (Lipinski definition) is 4. The predicted octanol–water partition coefficient (Wildman–Crippen LogP) is 3.29. The van der Waals surface area contributed by atoms with Crippen molar-refractivity contribution in [2.24, 2.45) is 22.2 Å². The van der Waals surface area contributed by atoms with Crippen LogP contribution in [0.5, 0.6) is 0 Å². The molecule has 2 aromatic rings. The van der Waals surface area contributed by atoms with Crippen LogP contribution in [0, 0.1) is 0 Å². The van der Waals surface area contributed by atoms with Crippen LogP contribution in [-0.2, 0) is 6.54 Å². The number of fused-ring (bicyclic) bond motifs is 1. The minimum absolute atomic E-state index is 0.206. The van der Waals surface area contributed by atoms with Crippen LogP contribution in [-0.4, -0.2) is 39.0 Å². The van der Waals surface area contributed by atoms with Gasteiger partial charge in [-0.1, -0.05) is 23.8 Å². The Balaban J connectivity index is 1.54. The number of nitrogens with zero attached hydrogens (tertiary/aromatic N) is 3. The minimum Gasteiger partial charge on any atom is -0.405 e. The third-order valence-electron chi connectivity index (χ3n) is 6.68.